The molecule has 0 amide bonds. The lowest BCUT2D eigenvalue weighted by Gasteiger charge is -2.20. The van der Waals surface area contributed by atoms with Crippen LogP contribution in [0.3, 0.4) is 0 Å². The van der Waals surface area contributed by atoms with Crippen molar-refractivity contribution < 1.29 is 17.9 Å². The largest absolute Gasteiger partial charge is 0.468 e. The molecule has 7 heteroatoms. The molecule has 21 heavy (non-hydrogen) atoms. The highest BCUT2D eigenvalue weighted by molar-refractivity contribution is 7.89. The zero-order chi connectivity index (χ0) is 16.0. The van der Waals surface area contributed by atoms with E-state index in [2.05, 4.69) is 4.74 Å². The SMILES string of the molecule is CCCN(CC(=O)OC)S(=O)(=O)c1ccc(CC)c(N)c1. The molecule has 0 spiro atoms. The third-order valence-corrected chi connectivity index (χ3v) is 4.98. The minimum atomic E-state index is -3.76. The summed E-state index contributed by atoms with van der Waals surface area (Å²) in [5.74, 6) is -0.592. The standard InChI is InChI=1S/C14H22N2O4S/c1-4-8-16(10-14(17)20-3)21(18,19)12-7-6-11(5-2)13(15)9-12/h6-7,9H,4-5,8,10,15H2,1-3H3. The van der Waals surface area contributed by atoms with Gasteiger partial charge in [0.05, 0.1) is 12.0 Å². The molecule has 0 aliphatic heterocycles. The molecule has 6 nitrogen and oxygen atoms in total. The first kappa shape index (κ1) is 17.5. The number of aryl methyl sites for hydroxylation is 1. The molecule has 0 aromatic heterocycles. The number of rotatable bonds is 7. The van der Waals surface area contributed by atoms with E-state index >= 15 is 0 Å². The quantitative estimate of drug-likeness (QED) is 0.607. The van der Waals surface area contributed by atoms with Gasteiger partial charge in [0.25, 0.3) is 0 Å². The van der Waals surface area contributed by atoms with Crippen LogP contribution in [-0.4, -0.2) is 38.9 Å². The predicted molar refractivity (Wildman–Crippen MR) is 81.3 cm³/mol. The van der Waals surface area contributed by atoms with E-state index in [9.17, 15) is 13.2 Å². The van der Waals surface area contributed by atoms with Crippen LogP contribution in [0.25, 0.3) is 0 Å². The zero-order valence-corrected chi connectivity index (χ0v) is 13.4. The smallest absolute Gasteiger partial charge is 0.321 e. The van der Waals surface area contributed by atoms with Crippen LogP contribution in [0.4, 0.5) is 5.69 Å². The van der Waals surface area contributed by atoms with Crippen LogP contribution < -0.4 is 5.73 Å². The van der Waals surface area contributed by atoms with Gasteiger partial charge in [-0.1, -0.05) is 19.9 Å². The third-order valence-electron chi connectivity index (χ3n) is 3.14. The summed E-state index contributed by atoms with van der Waals surface area (Å²) in [6.07, 6.45) is 1.33. The Kier molecular flexibility index (Phi) is 6.17. The molecule has 0 unspecified atom stereocenters. The molecule has 0 atom stereocenters. The maximum absolute atomic E-state index is 12.6. The molecular weight excluding hydrogens is 292 g/mol. The molecule has 0 aliphatic carbocycles. The molecule has 0 saturated heterocycles. The molecule has 1 rings (SSSR count). The number of hydrogen-bond donors (Lipinski definition) is 1. The second-order valence-electron chi connectivity index (χ2n) is 4.63. The number of anilines is 1. The first-order valence-corrected chi connectivity index (χ1v) is 8.26. The predicted octanol–water partition coefficient (Wildman–Crippen LogP) is 1.40. The van der Waals surface area contributed by atoms with Crippen molar-refractivity contribution >= 4 is 21.7 Å². The average molecular weight is 314 g/mol. The first-order chi connectivity index (χ1) is 9.86. The Labute approximate surface area is 125 Å². The Balaban J connectivity index is 3.16. The molecule has 2 N–H and O–H groups in total. The number of benzene rings is 1. The molecule has 0 aliphatic rings. The monoisotopic (exact) mass is 314 g/mol. The summed E-state index contributed by atoms with van der Waals surface area (Å²) < 4.78 is 30.8. The summed E-state index contributed by atoms with van der Waals surface area (Å²) in [5.41, 5.74) is 7.19. The molecule has 0 saturated carbocycles. The molecular formula is C14H22N2O4S. The number of nitrogens with two attached hydrogens (primary N) is 1. The lowest BCUT2D eigenvalue weighted by Crippen LogP contribution is -2.36. The van der Waals surface area contributed by atoms with Crippen molar-refractivity contribution in [1.29, 1.82) is 0 Å². The highest BCUT2D eigenvalue weighted by Crippen LogP contribution is 2.22. The Morgan fingerprint density at radius 2 is 2.00 bits per heavy atom. The van der Waals surface area contributed by atoms with E-state index in [1.54, 1.807) is 6.07 Å². The number of nitrogens with zero attached hydrogens (tertiary/aromatic N) is 1. The maximum Gasteiger partial charge on any atom is 0.321 e. The summed E-state index contributed by atoms with van der Waals surface area (Å²) in [7, 11) is -2.53. The van der Waals surface area contributed by atoms with Gasteiger partial charge in [-0.3, -0.25) is 4.79 Å². The van der Waals surface area contributed by atoms with Crippen molar-refractivity contribution in [3.05, 3.63) is 23.8 Å². The van der Waals surface area contributed by atoms with E-state index < -0.39 is 16.0 Å². The van der Waals surface area contributed by atoms with E-state index in [0.717, 1.165) is 16.3 Å². The van der Waals surface area contributed by atoms with E-state index in [4.69, 9.17) is 5.73 Å². The third kappa shape index (κ3) is 4.18. The normalized spacial score (nSPS) is 11.6. The summed E-state index contributed by atoms with van der Waals surface area (Å²) >= 11 is 0. The summed E-state index contributed by atoms with van der Waals surface area (Å²) in [5, 5.41) is 0. The molecule has 0 radical (unpaired) electrons. The average Bonchev–Trinajstić information content (AvgIpc) is 2.46. The van der Waals surface area contributed by atoms with Gasteiger partial charge in [0, 0.05) is 12.2 Å². The minimum Gasteiger partial charge on any atom is -0.468 e. The molecule has 1 aromatic carbocycles. The highest BCUT2D eigenvalue weighted by Gasteiger charge is 2.26. The topological polar surface area (TPSA) is 89.7 Å². The Morgan fingerprint density at radius 1 is 1.33 bits per heavy atom. The number of methoxy groups -OCH3 is 1. The van der Waals surface area contributed by atoms with Gasteiger partial charge in [-0.15, -0.1) is 0 Å². The zero-order valence-electron chi connectivity index (χ0n) is 12.6. The first-order valence-electron chi connectivity index (χ1n) is 6.82. The fourth-order valence-corrected chi connectivity index (χ4v) is 3.46. The van der Waals surface area contributed by atoms with Crippen LogP contribution in [0.1, 0.15) is 25.8 Å². The fourth-order valence-electron chi connectivity index (χ4n) is 1.95. The van der Waals surface area contributed by atoms with Crippen molar-refractivity contribution in [2.45, 2.75) is 31.6 Å². The number of ether oxygens (including phenoxy) is 1. The number of carbonyl (C=O) groups is 1. The lowest BCUT2D eigenvalue weighted by molar-refractivity contribution is -0.140. The van der Waals surface area contributed by atoms with Gasteiger partial charge in [-0.2, -0.15) is 4.31 Å². The van der Waals surface area contributed by atoms with Crippen molar-refractivity contribution in [2.24, 2.45) is 0 Å². The van der Waals surface area contributed by atoms with Crippen LogP contribution in [-0.2, 0) is 26.0 Å². The lowest BCUT2D eigenvalue weighted by atomic mass is 10.1. The van der Waals surface area contributed by atoms with Crippen LogP contribution in [0.2, 0.25) is 0 Å². The summed E-state index contributed by atoms with van der Waals surface area (Å²) in [4.78, 5) is 11.5. The van der Waals surface area contributed by atoms with Gasteiger partial charge in [0.2, 0.25) is 10.0 Å². The molecule has 118 valence electrons. The van der Waals surface area contributed by atoms with Crippen LogP contribution in [0, 0.1) is 0 Å². The fraction of sp³-hybridized carbons (Fsp3) is 0.500. The van der Waals surface area contributed by atoms with Crippen LogP contribution in [0.5, 0.6) is 0 Å². The molecule has 0 fully saturated rings. The molecule has 1 aromatic rings. The Bertz CT molecular complexity index is 599. The van der Waals surface area contributed by atoms with Crippen LogP contribution in [0.15, 0.2) is 23.1 Å². The maximum atomic E-state index is 12.6. The van der Waals surface area contributed by atoms with Gasteiger partial charge in [0.15, 0.2) is 0 Å². The van der Waals surface area contributed by atoms with E-state index in [1.807, 2.05) is 13.8 Å². The highest BCUT2D eigenvalue weighted by atomic mass is 32.2. The number of carbonyl (C=O) groups excluding carboxylic acids is 1. The number of nitrogen functional groups attached to an aromatic ring is 1. The van der Waals surface area contributed by atoms with Gasteiger partial charge < -0.3 is 10.5 Å². The van der Waals surface area contributed by atoms with Crippen molar-refractivity contribution in [3.63, 3.8) is 0 Å². The van der Waals surface area contributed by atoms with Crippen molar-refractivity contribution in [3.8, 4) is 0 Å². The Morgan fingerprint density at radius 3 is 2.48 bits per heavy atom. The second-order valence-corrected chi connectivity index (χ2v) is 6.57. The second kappa shape index (κ2) is 7.42. The number of sulfonamides is 1. The summed E-state index contributed by atoms with van der Waals surface area (Å²) in [6.45, 7) is 3.73. The van der Waals surface area contributed by atoms with Gasteiger partial charge in [-0.25, -0.2) is 8.42 Å². The van der Waals surface area contributed by atoms with Crippen molar-refractivity contribution in [1.82, 2.24) is 4.31 Å². The number of esters is 1. The minimum absolute atomic E-state index is 0.0922. The molecule has 0 bridgehead atoms. The van der Waals surface area contributed by atoms with Crippen molar-refractivity contribution in [2.75, 3.05) is 25.9 Å². The number of hydrogen-bond acceptors (Lipinski definition) is 5. The van der Waals surface area contributed by atoms with Gasteiger partial charge in [0.1, 0.15) is 6.54 Å². The van der Waals surface area contributed by atoms with E-state index in [-0.39, 0.29) is 18.0 Å². The van der Waals surface area contributed by atoms with E-state index in [0.29, 0.717) is 12.1 Å². The van der Waals surface area contributed by atoms with Gasteiger partial charge in [-0.05, 0) is 30.5 Å². The van der Waals surface area contributed by atoms with Gasteiger partial charge >= 0.3 is 5.97 Å². The van der Waals surface area contributed by atoms with Crippen LogP contribution >= 0.6 is 0 Å². The Hall–Kier alpha value is -1.60. The summed E-state index contributed by atoms with van der Waals surface area (Å²) in [6, 6.07) is 4.66. The molecule has 0 heterocycles. The van der Waals surface area contributed by atoms with E-state index in [1.165, 1.54) is 19.2 Å².